The van der Waals surface area contributed by atoms with Crippen LogP contribution in [-0.2, 0) is 6.42 Å². The third-order valence-electron chi connectivity index (χ3n) is 3.59. The van der Waals surface area contributed by atoms with Gasteiger partial charge in [-0.05, 0) is 35.7 Å². The van der Waals surface area contributed by atoms with E-state index in [0.717, 1.165) is 10.9 Å². The summed E-state index contributed by atoms with van der Waals surface area (Å²) in [5, 5.41) is 11.5. The Kier molecular flexibility index (Phi) is 3.76. The van der Waals surface area contributed by atoms with Crippen molar-refractivity contribution < 1.29 is 9.34 Å². The number of non-ortho nitro benzene ring substituents is 1. The van der Waals surface area contributed by atoms with Crippen LogP contribution in [0.1, 0.15) is 5.56 Å². The van der Waals surface area contributed by atoms with Gasteiger partial charge in [-0.1, -0.05) is 24.3 Å². The second-order valence-corrected chi connectivity index (χ2v) is 5.08. The molecule has 1 aromatic heterocycles. The van der Waals surface area contributed by atoms with Crippen molar-refractivity contribution >= 4 is 16.7 Å². The minimum Gasteiger partial charge on any atom is -0.422 e. The molecule has 114 valence electrons. The zero-order valence-electron chi connectivity index (χ0n) is 12.2. The van der Waals surface area contributed by atoms with Crippen molar-refractivity contribution in [1.82, 2.24) is 0 Å². The van der Waals surface area contributed by atoms with Crippen LogP contribution in [0.3, 0.4) is 0 Å². The van der Waals surface area contributed by atoms with Gasteiger partial charge in [-0.25, -0.2) is 4.79 Å². The van der Waals surface area contributed by atoms with E-state index in [1.54, 1.807) is 24.3 Å². The van der Waals surface area contributed by atoms with Crippen molar-refractivity contribution in [1.29, 1.82) is 0 Å². The number of benzene rings is 2. The molecule has 3 aromatic rings. The fourth-order valence-electron chi connectivity index (χ4n) is 2.49. The monoisotopic (exact) mass is 307 g/mol. The quantitative estimate of drug-likeness (QED) is 0.315. The standard InChI is InChI=1S/C18H13NO4/c1-2-4-13-5-3-6-14-11-16(18(20)23-17(13)14)12-7-9-15(10-8-12)19(21)22/h2-3,5-11H,1,4H2. The number of rotatable bonds is 4. The highest BCUT2D eigenvalue weighted by atomic mass is 16.6. The number of allylic oxidation sites excluding steroid dienone is 1. The molecular weight excluding hydrogens is 294 g/mol. The van der Waals surface area contributed by atoms with Gasteiger partial charge >= 0.3 is 5.63 Å². The Hall–Kier alpha value is -3.21. The zero-order valence-corrected chi connectivity index (χ0v) is 12.2. The zero-order chi connectivity index (χ0) is 16.4. The van der Waals surface area contributed by atoms with Crippen molar-refractivity contribution in [2.45, 2.75) is 6.42 Å². The Labute approximate surface area is 131 Å². The molecule has 0 saturated carbocycles. The normalized spacial score (nSPS) is 10.6. The number of para-hydroxylation sites is 1. The van der Waals surface area contributed by atoms with Gasteiger partial charge in [0.1, 0.15) is 5.58 Å². The summed E-state index contributed by atoms with van der Waals surface area (Å²) < 4.78 is 5.47. The summed E-state index contributed by atoms with van der Waals surface area (Å²) in [7, 11) is 0. The molecule has 0 atom stereocenters. The second-order valence-electron chi connectivity index (χ2n) is 5.08. The van der Waals surface area contributed by atoms with Gasteiger partial charge in [0, 0.05) is 17.5 Å². The third-order valence-corrected chi connectivity index (χ3v) is 3.59. The number of nitro benzene ring substituents is 1. The van der Waals surface area contributed by atoms with Crippen LogP contribution in [0.25, 0.3) is 22.1 Å². The van der Waals surface area contributed by atoms with Gasteiger partial charge in [-0.2, -0.15) is 0 Å². The lowest BCUT2D eigenvalue weighted by Crippen LogP contribution is -2.03. The van der Waals surface area contributed by atoms with E-state index in [2.05, 4.69) is 6.58 Å². The Morgan fingerprint density at radius 1 is 1.17 bits per heavy atom. The van der Waals surface area contributed by atoms with Crippen LogP contribution in [0.15, 0.2) is 70.4 Å². The van der Waals surface area contributed by atoms with Gasteiger partial charge in [0.15, 0.2) is 0 Å². The van der Waals surface area contributed by atoms with E-state index in [4.69, 9.17) is 4.42 Å². The molecule has 0 fully saturated rings. The van der Waals surface area contributed by atoms with E-state index in [-0.39, 0.29) is 5.69 Å². The number of nitro groups is 1. The molecule has 0 bridgehead atoms. The minimum atomic E-state index is -0.478. The van der Waals surface area contributed by atoms with Gasteiger partial charge in [-0.3, -0.25) is 10.1 Å². The van der Waals surface area contributed by atoms with Gasteiger partial charge in [0.25, 0.3) is 5.69 Å². The second kappa shape index (κ2) is 5.88. The molecule has 0 spiro atoms. The molecule has 0 saturated heterocycles. The van der Waals surface area contributed by atoms with E-state index >= 15 is 0 Å². The Bertz CT molecular complexity index is 955. The average Bonchev–Trinajstić information content (AvgIpc) is 2.55. The molecule has 0 aliphatic rings. The van der Waals surface area contributed by atoms with Crippen LogP contribution in [-0.4, -0.2) is 4.92 Å². The molecule has 23 heavy (non-hydrogen) atoms. The van der Waals surface area contributed by atoms with Gasteiger partial charge < -0.3 is 4.42 Å². The maximum atomic E-state index is 12.3. The number of hydrogen-bond donors (Lipinski definition) is 0. The van der Waals surface area contributed by atoms with Crippen molar-refractivity contribution in [3.05, 3.63) is 87.3 Å². The largest absolute Gasteiger partial charge is 0.422 e. The molecule has 0 aliphatic heterocycles. The smallest absolute Gasteiger partial charge is 0.344 e. The van der Waals surface area contributed by atoms with Crippen LogP contribution < -0.4 is 5.63 Å². The topological polar surface area (TPSA) is 73.3 Å². The summed E-state index contributed by atoms with van der Waals surface area (Å²) in [6, 6.07) is 13.2. The maximum absolute atomic E-state index is 12.3. The highest BCUT2D eigenvalue weighted by Crippen LogP contribution is 2.25. The highest BCUT2D eigenvalue weighted by molar-refractivity contribution is 5.84. The highest BCUT2D eigenvalue weighted by Gasteiger charge is 2.11. The minimum absolute atomic E-state index is 0.0211. The molecule has 0 amide bonds. The first kappa shape index (κ1) is 14.7. The summed E-state index contributed by atoms with van der Waals surface area (Å²) in [5.41, 5.74) is 1.91. The van der Waals surface area contributed by atoms with Crippen LogP contribution in [0.4, 0.5) is 5.69 Å². The number of hydrogen-bond acceptors (Lipinski definition) is 4. The summed E-state index contributed by atoms with van der Waals surface area (Å²) in [4.78, 5) is 22.5. The Balaban J connectivity index is 2.15. The average molecular weight is 307 g/mol. The summed E-state index contributed by atoms with van der Waals surface area (Å²) in [6.45, 7) is 3.70. The Morgan fingerprint density at radius 2 is 1.91 bits per heavy atom. The van der Waals surface area contributed by atoms with E-state index < -0.39 is 10.5 Å². The van der Waals surface area contributed by atoms with E-state index in [1.165, 1.54) is 12.1 Å². The lowest BCUT2D eigenvalue weighted by molar-refractivity contribution is -0.384. The van der Waals surface area contributed by atoms with Gasteiger partial charge in [0.2, 0.25) is 0 Å². The van der Waals surface area contributed by atoms with Crippen LogP contribution in [0, 0.1) is 10.1 Å². The SMILES string of the molecule is C=CCc1cccc2cc(-c3ccc([N+](=O)[O-])cc3)c(=O)oc12. The molecule has 1 heterocycles. The summed E-state index contributed by atoms with van der Waals surface area (Å²) >= 11 is 0. The molecular formula is C18H13NO4. The van der Waals surface area contributed by atoms with Crippen LogP contribution in [0.2, 0.25) is 0 Å². The number of nitrogens with zero attached hydrogens (tertiary/aromatic N) is 1. The molecule has 3 rings (SSSR count). The Morgan fingerprint density at radius 3 is 2.57 bits per heavy atom. The van der Waals surface area contributed by atoms with Crippen molar-refractivity contribution in [2.24, 2.45) is 0 Å². The first-order valence-electron chi connectivity index (χ1n) is 7.01. The third kappa shape index (κ3) is 2.76. The molecule has 0 N–H and O–H groups in total. The molecule has 5 heteroatoms. The van der Waals surface area contributed by atoms with Crippen molar-refractivity contribution in [3.63, 3.8) is 0 Å². The molecule has 0 radical (unpaired) electrons. The molecule has 2 aromatic carbocycles. The van der Waals surface area contributed by atoms with Crippen LogP contribution in [0.5, 0.6) is 0 Å². The molecule has 0 unspecified atom stereocenters. The molecule has 5 nitrogen and oxygen atoms in total. The summed E-state index contributed by atoms with van der Waals surface area (Å²) in [6.07, 6.45) is 2.36. The fourth-order valence-corrected chi connectivity index (χ4v) is 2.49. The van der Waals surface area contributed by atoms with Crippen molar-refractivity contribution in [3.8, 4) is 11.1 Å². The number of fused-ring (bicyclic) bond motifs is 1. The first-order chi connectivity index (χ1) is 11.1. The van der Waals surface area contributed by atoms with E-state index in [9.17, 15) is 14.9 Å². The lowest BCUT2D eigenvalue weighted by atomic mass is 10.0. The summed E-state index contributed by atoms with van der Waals surface area (Å²) in [5.74, 6) is 0. The van der Waals surface area contributed by atoms with Crippen LogP contribution >= 0.6 is 0 Å². The molecule has 0 aliphatic carbocycles. The fraction of sp³-hybridized carbons (Fsp3) is 0.0556. The predicted molar refractivity (Wildman–Crippen MR) is 88.5 cm³/mol. The first-order valence-corrected chi connectivity index (χ1v) is 7.01. The lowest BCUT2D eigenvalue weighted by Gasteiger charge is -2.05. The van der Waals surface area contributed by atoms with Gasteiger partial charge in [0.05, 0.1) is 10.5 Å². The van der Waals surface area contributed by atoms with Gasteiger partial charge in [-0.15, -0.1) is 6.58 Å². The maximum Gasteiger partial charge on any atom is 0.344 e. The predicted octanol–water partition coefficient (Wildman–Crippen LogP) is 4.10. The van der Waals surface area contributed by atoms with Crippen molar-refractivity contribution in [2.75, 3.05) is 0 Å². The van der Waals surface area contributed by atoms with E-state index in [1.807, 2.05) is 18.2 Å². The van der Waals surface area contributed by atoms with E-state index in [0.29, 0.717) is 23.1 Å².